The van der Waals surface area contributed by atoms with E-state index in [1.807, 2.05) is 0 Å². The molecular formula is C12H19N3O2S2. The van der Waals surface area contributed by atoms with Gasteiger partial charge in [-0.15, -0.1) is 10.2 Å². The number of hydrogen-bond acceptors (Lipinski definition) is 6. The van der Waals surface area contributed by atoms with Crippen molar-refractivity contribution in [2.45, 2.75) is 55.3 Å². The summed E-state index contributed by atoms with van der Waals surface area (Å²) in [6, 6.07) is 0.548. The fourth-order valence-corrected chi connectivity index (χ4v) is 3.97. The van der Waals surface area contributed by atoms with E-state index >= 15 is 0 Å². The first kappa shape index (κ1) is 14.6. The topological polar surface area (TPSA) is 75.1 Å². The van der Waals surface area contributed by atoms with E-state index < -0.39 is 5.97 Å². The monoisotopic (exact) mass is 301 g/mol. The summed E-state index contributed by atoms with van der Waals surface area (Å²) >= 11 is 3.15. The predicted molar refractivity (Wildman–Crippen MR) is 78.0 cm³/mol. The number of carboxylic acid groups (broad SMARTS) is 1. The Morgan fingerprint density at radius 3 is 2.89 bits per heavy atom. The molecule has 1 aromatic rings. The minimum atomic E-state index is -0.738. The molecule has 0 atom stereocenters. The van der Waals surface area contributed by atoms with E-state index in [2.05, 4.69) is 15.5 Å². The maximum atomic E-state index is 10.4. The van der Waals surface area contributed by atoms with Gasteiger partial charge in [-0.3, -0.25) is 4.79 Å². The van der Waals surface area contributed by atoms with Crippen LogP contribution >= 0.6 is 23.1 Å². The lowest BCUT2D eigenvalue weighted by atomic mass is 9.96. The summed E-state index contributed by atoms with van der Waals surface area (Å²) in [5, 5.41) is 21.2. The number of carboxylic acids is 1. The van der Waals surface area contributed by atoms with Crippen molar-refractivity contribution in [3.05, 3.63) is 0 Å². The van der Waals surface area contributed by atoms with E-state index in [0.29, 0.717) is 12.5 Å². The normalized spacial score (nSPS) is 16.4. The Kier molecular flexibility index (Phi) is 5.91. The Bertz CT molecular complexity index is 405. The summed E-state index contributed by atoms with van der Waals surface area (Å²) in [6.45, 7) is 0. The standard InChI is InChI=1S/C12H19N3O2S2/c16-10(17)7-4-8-18-12-15-14-11(19-12)13-9-5-2-1-3-6-9/h9H,1-8H2,(H,13,14)(H,16,17). The van der Waals surface area contributed by atoms with Crippen LogP contribution < -0.4 is 5.32 Å². The highest BCUT2D eigenvalue weighted by molar-refractivity contribution is 8.01. The maximum Gasteiger partial charge on any atom is 0.303 e. The Labute approximate surface area is 121 Å². The van der Waals surface area contributed by atoms with Gasteiger partial charge in [0.2, 0.25) is 5.13 Å². The molecule has 7 heteroatoms. The highest BCUT2D eigenvalue weighted by atomic mass is 32.2. The van der Waals surface area contributed by atoms with Crippen molar-refractivity contribution in [2.24, 2.45) is 0 Å². The van der Waals surface area contributed by atoms with E-state index in [1.165, 1.54) is 32.1 Å². The molecule has 0 amide bonds. The van der Waals surface area contributed by atoms with Crippen molar-refractivity contribution >= 4 is 34.2 Å². The first-order valence-corrected chi connectivity index (χ1v) is 8.49. The molecule has 0 radical (unpaired) electrons. The molecule has 2 N–H and O–H groups in total. The second-order valence-electron chi connectivity index (χ2n) is 4.70. The summed E-state index contributed by atoms with van der Waals surface area (Å²) in [5.41, 5.74) is 0. The number of nitrogens with zero attached hydrogens (tertiary/aromatic N) is 2. The molecule has 106 valence electrons. The molecule has 1 heterocycles. The smallest absolute Gasteiger partial charge is 0.303 e. The van der Waals surface area contributed by atoms with Crippen LogP contribution in [-0.2, 0) is 4.79 Å². The summed E-state index contributed by atoms with van der Waals surface area (Å²) in [6.07, 6.45) is 7.28. The third-order valence-corrected chi connectivity index (χ3v) is 5.17. The van der Waals surface area contributed by atoms with Crippen LogP contribution in [0.15, 0.2) is 4.34 Å². The van der Waals surface area contributed by atoms with Gasteiger partial charge < -0.3 is 10.4 Å². The van der Waals surface area contributed by atoms with Crippen molar-refractivity contribution in [2.75, 3.05) is 11.1 Å². The number of rotatable bonds is 7. The minimum Gasteiger partial charge on any atom is -0.481 e. The number of aromatic nitrogens is 2. The van der Waals surface area contributed by atoms with Crippen LogP contribution in [0.25, 0.3) is 0 Å². The Hall–Kier alpha value is -0.820. The van der Waals surface area contributed by atoms with Crippen molar-refractivity contribution in [3.63, 3.8) is 0 Å². The van der Waals surface area contributed by atoms with E-state index in [-0.39, 0.29) is 6.42 Å². The molecule has 1 aliphatic rings. The molecule has 1 saturated carbocycles. The first-order chi connectivity index (χ1) is 9.24. The van der Waals surface area contributed by atoms with Crippen LogP contribution in [0.2, 0.25) is 0 Å². The molecule has 0 saturated heterocycles. The summed E-state index contributed by atoms with van der Waals surface area (Å²) in [5.74, 6) is 0.0437. The minimum absolute atomic E-state index is 0.221. The molecule has 1 aromatic heterocycles. The Morgan fingerprint density at radius 2 is 2.16 bits per heavy atom. The second kappa shape index (κ2) is 7.69. The fourth-order valence-electron chi connectivity index (χ4n) is 2.13. The molecule has 5 nitrogen and oxygen atoms in total. The molecule has 0 unspecified atom stereocenters. The number of nitrogens with one attached hydrogen (secondary N) is 1. The lowest BCUT2D eigenvalue weighted by molar-refractivity contribution is -0.137. The van der Waals surface area contributed by atoms with E-state index in [4.69, 9.17) is 5.11 Å². The number of anilines is 1. The number of thioether (sulfide) groups is 1. The van der Waals surface area contributed by atoms with Gasteiger partial charge in [0.1, 0.15) is 0 Å². The first-order valence-electron chi connectivity index (χ1n) is 6.68. The lowest BCUT2D eigenvalue weighted by Gasteiger charge is -2.21. The maximum absolute atomic E-state index is 10.4. The van der Waals surface area contributed by atoms with Crippen LogP contribution in [0, 0.1) is 0 Å². The third-order valence-electron chi connectivity index (χ3n) is 3.10. The molecular weight excluding hydrogens is 282 g/mol. The van der Waals surface area contributed by atoms with Gasteiger partial charge in [-0.1, -0.05) is 42.4 Å². The molecule has 19 heavy (non-hydrogen) atoms. The van der Waals surface area contributed by atoms with Crippen LogP contribution in [0.1, 0.15) is 44.9 Å². The van der Waals surface area contributed by atoms with Crippen molar-refractivity contribution in [1.82, 2.24) is 10.2 Å². The number of aliphatic carboxylic acids is 1. The van der Waals surface area contributed by atoms with Gasteiger partial charge >= 0.3 is 5.97 Å². The molecule has 0 aromatic carbocycles. The van der Waals surface area contributed by atoms with Gasteiger partial charge in [-0.25, -0.2) is 0 Å². The molecule has 0 bridgehead atoms. The number of hydrogen-bond donors (Lipinski definition) is 2. The average Bonchev–Trinajstić information content (AvgIpc) is 2.83. The van der Waals surface area contributed by atoms with Crippen LogP contribution in [0.5, 0.6) is 0 Å². The lowest BCUT2D eigenvalue weighted by Crippen LogP contribution is -2.21. The Morgan fingerprint density at radius 1 is 1.37 bits per heavy atom. The Balaban J connectivity index is 1.70. The molecule has 0 aliphatic heterocycles. The van der Waals surface area contributed by atoms with Gasteiger partial charge in [0.15, 0.2) is 4.34 Å². The predicted octanol–water partition coefficient (Wildman–Crippen LogP) is 3.24. The summed E-state index contributed by atoms with van der Waals surface area (Å²) in [7, 11) is 0. The van der Waals surface area contributed by atoms with Gasteiger partial charge in [0, 0.05) is 18.2 Å². The van der Waals surface area contributed by atoms with Gasteiger partial charge in [-0.05, 0) is 19.3 Å². The average molecular weight is 301 g/mol. The molecule has 2 rings (SSSR count). The van der Waals surface area contributed by atoms with Crippen LogP contribution in [0.4, 0.5) is 5.13 Å². The van der Waals surface area contributed by atoms with Gasteiger partial charge in [0.25, 0.3) is 0 Å². The van der Waals surface area contributed by atoms with Crippen LogP contribution in [0.3, 0.4) is 0 Å². The van der Waals surface area contributed by atoms with Gasteiger partial charge in [0.05, 0.1) is 0 Å². The van der Waals surface area contributed by atoms with E-state index in [9.17, 15) is 4.79 Å². The zero-order valence-electron chi connectivity index (χ0n) is 10.8. The van der Waals surface area contributed by atoms with Crippen molar-refractivity contribution < 1.29 is 9.90 Å². The zero-order chi connectivity index (χ0) is 13.5. The quantitative estimate of drug-likeness (QED) is 0.595. The fraction of sp³-hybridized carbons (Fsp3) is 0.750. The zero-order valence-corrected chi connectivity index (χ0v) is 12.4. The SMILES string of the molecule is O=C(O)CCCSc1nnc(NC2CCCCC2)s1. The molecule has 0 spiro atoms. The van der Waals surface area contributed by atoms with Crippen molar-refractivity contribution in [1.29, 1.82) is 0 Å². The summed E-state index contributed by atoms with van der Waals surface area (Å²) < 4.78 is 0.920. The summed E-state index contributed by atoms with van der Waals surface area (Å²) in [4.78, 5) is 10.4. The molecule has 1 aliphatic carbocycles. The van der Waals surface area contributed by atoms with Crippen LogP contribution in [-0.4, -0.2) is 33.1 Å². The highest BCUT2D eigenvalue weighted by Gasteiger charge is 2.15. The van der Waals surface area contributed by atoms with E-state index in [0.717, 1.165) is 15.2 Å². The second-order valence-corrected chi connectivity index (χ2v) is 7.02. The van der Waals surface area contributed by atoms with Crippen molar-refractivity contribution in [3.8, 4) is 0 Å². The number of carbonyl (C=O) groups is 1. The highest BCUT2D eigenvalue weighted by Crippen LogP contribution is 2.28. The molecule has 1 fully saturated rings. The van der Waals surface area contributed by atoms with Gasteiger partial charge in [-0.2, -0.15) is 0 Å². The van der Waals surface area contributed by atoms with E-state index in [1.54, 1.807) is 23.1 Å². The largest absolute Gasteiger partial charge is 0.481 e. The third kappa shape index (κ3) is 5.36.